The summed E-state index contributed by atoms with van der Waals surface area (Å²) >= 11 is 0. The second-order valence-corrected chi connectivity index (χ2v) is 10.6. The lowest BCUT2D eigenvalue weighted by molar-refractivity contribution is -0.150. The van der Waals surface area contributed by atoms with Gasteiger partial charge in [0.15, 0.2) is 0 Å². The van der Waals surface area contributed by atoms with E-state index in [1.807, 2.05) is 13.8 Å². The Morgan fingerprint density at radius 3 is 1.67 bits per heavy atom. The van der Waals surface area contributed by atoms with Crippen LogP contribution in [0, 0.1) is 10.8 Å². The van der Waals surface area contributed by atoms with Crippen molar-refractivity contribution in [2.24, 2.45) is 16.0 Å². The van der Waals surface area contributed by atoms with Gasteiger partial charge in [-0.3, -0.25) is 4.79 Å². The van der Waals surface area contributed by atoms with Gasteiger partial charge in [0.05, 0.1) is 11.2 Å². The molecule has 0 unspecified atom stereocenters. The third kappa shape index (κ3) is 11.7. The summed E-state index contributed by atoms with van der Waals surface area (Å²) in [5.74, 6) is -0.595. The highest BCUT2D eigenvalue weighted by atomic mass is 32.2. The van der Waals surface area contributed by atoms with Gasteiger partial charge in [-0.25, -0.2) is 13.6 Å². The van der Waals surface area contributed by atoms with Gasteiger partial charge in [0.2, 0.25) is 10.0 Å². The Morgan fingerprint density at radius 2 is 1.27 bits per heavy atom. The van der Waals surface area contributed by atoms with Crippen molar-refractivity contribution in [2.75, 3.05) is 19.0 Å². The molecule has 0 saturated carbocycles. The predicted molar refractivity (Wildman–Crippen MR) is 124 cm³/mol. The largest absolute Gasteiger partial charge is 0.481 e. The minimum Gasteiger partial charge on any atom is -0.481 e. The molecule has 0 aromatic heterocycles. The van der Waals surface area contributed by atoms with Crippen molar-refractivity contribution in [1.82, 2.24) is 0 Å². The number of carbonyl (C=O) groups is 1. The molecule has 0 bridgehead atoms. The SMILES string of the molecule is CCC(CC)(CCCCOCCCCC(CC)(CC)C(=O)O)CCCCS(N)(=O)=O. The third-order valence-electron chi connectivity index (χ3n) is 7.13. The van der Waals surface area contributed by atoms with Crippen LogP contribution < -0.4 is 5.14 Å². The van der Waals surface area contributed by atoms with Crippen LogP contribution >= 0.6 is 0 Å². The standard InChI is InChI=1S/C23H47NO5S/c1-5-22(6-2,16-11-14-20-30(24,27)28)15-9-12-18-29-19-13-10-17-23(7-3,8-4)21(25)26/h5-20H2,1-4H3,(H,25,26)(H2,24,27,28). The van der Waals surface area contributed by atoms with E-state index >= 15 is 0 Å². The van der Waals surface area contributed by atoms with Crippen LogP contribution in [0.3, 0.4) is 0 Å². The molecule has 0 spiro atoms. The molecule has 0 aromatic rings. The minimum absolute atomic E-state index is 0.0778. The van der Waals surface area contributed by atoms with Crippen LogP contribution in [0.5, 0.6) is 0 Å². The number of primary sulfonamides is 1. The number of unbranched alkanes of at least 4 members (excludes halogenated alkanes) is 3. The van der Waals surface area contributed by atoms with Crippen LogP contribution in [0.1, 0.15) is 111 Å². The van der Waals surface area contributed by atoms with E-state index in [-0.39, 0.29) is 5.75 Å². The quantitative estimate of drug-likeness (QED) is 0.239. The molecule has 3 N–H and O–H groups in total. The lowest BCUT2D eigenvalue weighted by atomic mass is 9.74. The zero-order chi connectivity index (χ0) is 23.1. The van der Waals surface area contributed by atoms with Gasteiger partial charge in [-0.1, -0.05) is 59.8 Å². The molecule has 0 aliphatic carbocycles. The van der Waals surface area contributed by atoms with E-state index in [4.69, 9.17) is 9.88 Å². The number of carboxylic acids is 1. The molecule has 0 aliphatic heterocycles. The number of hydrogen-bond donors (Lipinski definition) is 2. The van der Waals surface area contributed by atoms with Gasteiger partial charge < -0.3 is 9.84 Å². The number of aliphatic carboxylic acids is 1. The van der Waals surface area contributed by atoms with Crippen molar-refractivity contribution < 1.29 is 23.1 Å². The van der Waals surface area contributed by atoms with E-state index in [9.17, 15) is 18.3 Å². The van der Waals surface area contributed by atoms with Crippen LogP contribution in [0.2, 0.25) is 0 Å². The first-order chi connectivity index (χ1) is 14.1. The number of nitrogens with two attached hydrogens (primary N) is 1. The van der Waals surface area contributed by atoms with Crippen LogP contribution in [-0.4, -0.2) is 38.5 Å². The monoisotopic (exact) mass is 449 g/mol. The predicted octanol–water partition coefficient (Wildman–Crippen LogP) is 5.50. The molecule has 30 heavy (non-hydrogen) atoms. The molecule has 6 nitrogen and oxygen atoms in total. The van der Waals surface area contributed by atoms with Gasteiger partial charge in [0, 0.05) is 13.2 Å². The van der Waals surface area contributed by atoms with Crippen molar-refractivity contribution >= 4 is 16.0 Å². The Balaban J connectivity index is 4.01. The fraction of sp³-hybridized carbons (Fsp3) is 0.957. The van der Waals surface area contributed by atoms with E-state index in [2.05, 4.69) is 13.8 Å². The first kappa shape index (κ1) is 29.3. The Kier molecular flexibility index (Phi) is 14.9. The Morgan fingerprint density at radius 1 is 0.800 bits per heavy atom. The Bertz CT molecular complexity index is 554. The average Bonchev–Trinajstić information content (AvgIpc) is 2.70. The fourth-order valence-corrected chi connectivity index (χ4v) is 4.98. The van der Waals surface area contributed by atoms with Crippen molar-refractivity contribution in [2.45, 2.75) is 111 Å². The summed E-state index contributed by atoms with van der Waals surface area (Å²) in [4.78, 5) is 11.5. The highest BCUT2D eigenvalue weighted by Gasteiger charge is 2.33. The number of carboxylic acid groups (broad SMARTS) is 1. The van der Waals surface area contributed by atoms with E-state index in [0.717, 1.165) is 70.8 Å². The number of hydrogen-bond acceptors (Lipinski definition) is 4. The first-order valence-electron chi connectivity index (χ1n) is 11.9. The van der Waals surface area contributed by atoms with Gasteiger partial charge in [0.25, 0.3) is 0 Å². The smallest absolute Gasteiger partial charge is 0.309 e. The normalized spacial score (nSPS) is 13.0. The molecule has 0 aromatic carbocycles. The molecule has 0 atom stereocenters. The maximum atomic E-state index is 11.5. The van der Waals surface area contributed by atoms with Gasteiger partial charge in [0.1, 0.15) is 0 Å². The van der Waals surface area contributed by atoms with E-state index in [0.29, 0.717) is 31.3 Å². The van der Waals surface area contributed by atoms with E-state index in [1.54, 1.807) is 0 Å². The summed E-state index contributed by atoms with van der Waals surface area (Å²) < 4.78 is 27.9. The molecule has 0 amide bonds. The molecule has 0 heterocycles. The lowest BCUT2D eigenvalue weighted by Gasteiger charge is -2.32. The van der Waals surface area contributed by atoms with Gasteiger partial charge in [-0.2, -0.15) is 0 Å². The van der Waals surface area contributed by atoms with Gasteiger partial charge >= 0.3 is 5.97 Å². The Labute approximate surface area is 185 Å². The fourth-order valence-electron chi connectivity index (χ4n) is 4.37. The summed E-state index contributed by atoms with van der Waals surface area (Å²) in [5.41, 5.74) is -0.281. The first-order valence-corrected chi connectivity index (χ1v) is 13.6. The zero-order valence-electron chi connectivity index (χ0n) is 19.9. The van der Waals surface area contributed by atoms with Crippen molar-refractivity contribution in [3.8, 4) is 0 Å². The van der Waals surface area contributed by atoms with Crippen LogP contribution in [0.15, 0.2) is 0 Å². The molecule has 0 saturated heterocycles. The molecular weight excluding hydrogens is 402 g/mol. The van der Waals surface area contributed by atoms with Crippen LogP contribution in [-0.2, 0) is 19.6 Å². The second kappa shape index (κ2) is 15.2. The average molecular weight is 450 g/mol. The molecule has 0 aliphatic rings. The summed E-state index contributed by atoms with van der Waals surface area (Å²) in [5, 5.41) is 14.6. The molecule has 7 heteroatoms. The maximum absolute atomic E-state index is 11.5. The number of ether oxygens (including phenoxy) is 1. The molecule has 180 valence electrons. The molecule has 0 rings (SSSR count). The summed E-state index contributed by atoms with van der Waals surface area (Å²) in [7, 11) is -3.35. The molecular formula is C23H47NO5S. The third-order valence-corrected chi connectivity index (χ3v) is 7.99. The molecule has 0 radical (unpaired) electrons. The van der Waals surface area contributed by atoms with Crippen LogP contribution in [0.25, 0.3) is 0 Å². The van der Waals surface area contributed by atoms with Crippen molar-refractivity contribution in [3.05, 3.63) is 0 Å². The van der Waals surface area contributed by atoms with Crippen molar-refractivity contribution in [1.29, 1.82) is 0 Å². The van der Waals surface area contributed by atoms with E-state index in [1.165, 1.54) is 0 Å². The summed E-state index contributed by atoms with van der Waals surface area (Å²) in [6, 6.07) is 0. The zero-order valence-corrected chi connectivity index (χ0v) is 20.7. The van der Waals surface area contributed by atoms with Gasteiger partial charge in [-0.15, -0.1) is 0 Å². The van der Waals surface area contributed by atoms with E-state index < -0.39 is 21.4 Å². The number of sulfonamides is 1. The highest BCUT2D eigenvalue weighted by molar-refractivity contribution is 7.89. The molecule has 0 fully saturated rings. The number of rotatable bonds is 20. The second-order valence-electron chi connectivity index (χ2n) is 8.85. The lowest BCUT2D eigenvalue weighted by Crippen LogP contribution is -2.29. The maximum Gasteiger partial charge on any atom is 0.309 e. The minimum atomic E-state index is -3.35. The van der Waals surface area contributed by atoms with Crippen molar-refractivity contribution in [3.63, 3.8) is 0 Å². The topological polar surface area (TPSA) is 107 Å². The highest BCUT2D eigenvalue weighted by Crippen LogP contribution is 2.38. The summed E-state index contributed by atoms with van der Waals surface area (Å²) in [6.45, 7) is 9.82. The Hall–Kier alpha value is -0.660. The summed E-state index contributed by atoms with van der Waals surface area (Å²) in [6.07, 6.45) is 12.0. The van der Waals surface area contributed by atoms with Crippen LogP contribution in [0.4, 0.5) is 0 Å². The van der Waals surface area contributed by atoms with Gasteiger partial charge in [-0.05, 0) is 56.8 Å².